The SMILES string of the molecule is CCC(CNC(=O)c1ccc(F)c(OC)c1)C(=O)O. The van der Waals surface area contributed by atoms with Crippen LogP contribution in [0.25, 0.3) is 0 Å². The molecule has 2 N–H and O–H groups in total. The van der Waals surface area contributed by atoms with Gasteiger partial charge in [-0.2, -0.15) is 0 Å². The van der Waals surface area contributed by atoms with E-state index < -0.39 is 23.6 Å². The molecule has 0 bridgehead atoms. The fourth-order valence-electron chi connectivity index (χ4n) is 1.53. The van der Waals surface area contributed by atoms with Crippen molar-refractivity contribution in [2.75, 3.05) is 13.7 Å². The van der Waals surface area contributed by atoms with Crippen LogP contribution in [0.1, 0.15) is 23.7 Å². The van der Waals surface area contributed by atoms with E-state index in [-0.39, 0.29) is 17.9 Å². The Hall–Kier alpha value is -2.11. The van der Waals surface area contributed by atoms with E-state index in [0.717, 1.165) is 6.07 Å². The predicted molar refractivity (Wildman–Crippen MR) is 66.7 cm³/mol. The van der Waals surface area contributed by atoms with Crippen molar-refractivity contribution in [2.24, 2.45) is 5.92 Å². The van der Waals surface area contributed by atoms with Crippen LogP contribution in [-0.4, -0.2) is 30.6 Å². The molecule has 0 aliphatic carbocycles. The second kappa shape index (κ2) is 6.72. The zero-order valence-electron chi connectivity index (χ0n) is 10.8. The molecule has 1 amide bonds. The van der Waals surface area contributed by atoms with E-state index >= 15 is 0 Å². The van der Waals surface area contributed by atoms with Gasteiger partial charge in [0, 0.05) is 12.1 Å². The van der Waals surface area contributed by atoms with Gasteiger partial charge in [0.15, 0.2) is 11.6 Å². The van der Waals surface area contributed by atoms with Gasteiger partial charge in [-0.05, 0) is 24.6 Å². The highest BCUT2D eigenvalue weighted by Gasteiger charge is 2.17. The fraction of sp³-hybridized carbons (Fsp3) is 0.385. The summed E-state index contributed by atoms with van der Waals surface area (Å²) in [6, 6.07) is 3.71. The van der Waals surface area contributed by atoms with E-state index in [1.54, 1.807) is 6.92 Å². The Morgan fingerprint density at radius 3 is 2.68 bits per heavy atom. The number of hydrogen-bond donors (Lipinski definition) is 2. The molecule has 5 nitrogen and oxygen atoms in total. The van der Waals surface area contributed by atoms with Gasteiger partial charge in [-0.15, -0.1) is 0 Å². The molecule has 1 rings (SSSR count). The second-order valence-electron chi connectivity index (χ2n) is 4.00. The van der Waals surface area contributed by atoms with Gasteiger partial charge >= 0.3 is 5.97 Å². The minimum absolute atomic E-state index is 0.0297. The summed E-state index contributed by atoms with van der Waals surface area (Å²) in [7, 11) is 1.30. The van der Waals surface area contributed by atoms with Gasteiger partial charge < -0.3 is 15.2 Å². The molecular formula is C13H16FNO4. The van der Waals surface area contributed by atoms with E-state index in [4.69, 9.17) is 9.84 Å². The third-order valence-corrected chi connectivity index (χ3v) is 2.76. The Balaban J connectivity index is 2.70. The Morgan fingerprint density at radius 2 is 2.16 bits per heavy atom. The van der Waals surface area contributed by atoms with Crippen LogP contribution in [0, 0.1) is 11.7 Å². The minimum atomic E-state index is -0.959. The van der Waals surface area contributed by atoms with Crippen LogP contribution in [0.2, 0.25) is 0 Å². The van der Waals surface area contributed by atoms with E-state index in [9.17, 15) is 14.0 Å². The van der Waals surface area contributed by atoms with Gasteiger partial charge in [0.25, 0.3) is 5.91 Å². The van der Waals surface area contributed by atoms with E-state index in [0.29, 0.717) is 6.42 Å². The lowest BCUT2D eigenvalue weighted by molar-refractivity contribution is -0.141. The smallest absolute Gasteiger partial charge is 0.308 e. The summed E-state index contributed by atoms with van der Waals surface area (Å²) >= 11 is 0. The third-order valence-electron chi connectivity index (χ3n) is 2.76. The Kier molecular flexibility index (Phi) is 5.29. The van der Waals surface area contributed by atoms with Crippen molar-refractivity contribution in [1.29, 1.82) is 0 Å². The first-order chi connectivity index (χ1) is 8.99. The van der Waals surface area contributed by atoms with Crippen molar-refractivity contribution in [3.8, 4) is 5.75 Å². The van der Waals surface area contributed by atoms with Crippen molar-refractivity contribution in [2.45, 2.75) is 13.3 Å². The number of carbonyl (C=O) groups is 2. The average Bonchev–Trinajstić information content (AvgIpc) is 2.39. The quantitative estimate of drug-likeness (QED) is 0.823. The first kappa shape index (κ1) is 14.9. The van der Waals surface area contributed by atoms with Gasteiger partial charge in [-0.1, -0.05) is 6.92 Å². The number of nitrogens with one attached hydrogen (secondary N) is 1. The monoisotopic (exact) mass is 269 g/mol. The molecule has 6 heteroatoms. The predicted octanol–water partition coefficient (Wildman–Crippen LogP) is 1.67. The molecule has 0 heterocycles. The molecular weight excluding hydrogens is 253 g/mol. The van der Waals surface area contributed by atoms with Gasteiger partial charge in [0.1, 0.15) is 0 Å². The highest BCUT2D eigenvalue weighted by Crippen LogP contribution is 2.18. The maximum absolute atomic E-state index is 13.2. The molecule has 1 atom stereocenters. The lowest BCUT2D eigenvalue weighted by Gasteiger charge is -2.11. The van der Waals surface area contributed by atoms with E-state index in [1.165, 1.54) is 19.2 Å². The topological polar surface area (TPSA) is 75.6 Å². The standard InChI is InChI=1S/C13H16FNO4/c1-3-8(13(17)18)7-15-12(16)9-4-5-10(14)11(6-9)19-2/h4-6,8H,3,7H2,1-2H3,(H,15,16)(H,17,18). The number of carboxylic acid groups (broad SMARTS) is 1. The molecule has 1 aromatic carbocycles. The first-order valence-corrected chi connectivity index (χ1v) is 5.84. The second-order valence-corrected chi connectivity index (χ2v) is 4.00. The molecule has 0 radical (unpaired) electrons. The number of rotatable bonds is 6. The van der Waals surface area contributed by atoms with Crippen LogP contribution < -0.4 is 10.1 Å². The molecule has 0 aromatic heterocycles. The zero-order chi connectivity index (χ0) is 14.4. The van der Waals surface area contributed by atoms with Crippen molar-refractivity contribution in [3.05, 3.63) is 29.6 Å². The van der Waals surface area contributed by atoms with E-state index in [2.05, 4.69) is 5.32 Å². The van der Waals surface area contributed by atoms with Crippen molar-refractivity contribution in [1.82, 2.24) is 5.32 Å². The van der Waals surface area contributed by atoms with Gasteiger partial charge in [-0.25, -0.2) is 4.39 Å². The normalized spacial score (nSPS) is 11.7. The summed E-state index contributed by atoms with van der Waals surface area (Å²) in [5, 5.41) is 11.4. The summed E-state index contributed by atoms with van der Waals surface area (Å²) in [5.41, 5.74) is 0.221. The average molecular weight is 269 g/mol. The molecule has 0 saturated heterocycles. The number of amides is 1. The summed E-state index contributed by atoms with van der Waals surface area (Å²) < 4.78 is 17.9. The molecule has 0 spiro atoms. The largest absolute Gasteiger partial charge is 0.494 e. The van der Waals surface area contributed by atoms with Crippen molar-refractivity contribution < 1.29 is 23.8 Å². The van der Waals surface area contributed by atoms with E-state index in [1.807, 2.05) is 0 Å². The summed E-state index contributed by atoms with van der Waals surface area (Å²) in [4.78, 5) is 22.6. The third kappa shape index (κ3) is 3.94. The maximum atomic E-state index is 13.2. The maximum Gasteiger partial charge on any atom is 0.308 e. The molecule has 0 saturated carbocycles. The van der Waals surface area contributed by atoms with Crippen LogP contribution in [0.4, 0.5) is 4.39 Å². The van der Waals surface area contributed by atoms with Crippen LogP contribution in [0.15, 0.2) is 18.2 Å². The van der Waals surface area contributed by atoms with Gasteiger partial charge in [-0.3, -0.25) is 9.59 Å². The summed E-state index contributed by atoms with van der Waals surface area (Å²) in [6.07, 6.45) is 0.419. The zero-order valence-corrected chi connectivity index (χ0v) is 10.8. The number of methoxy groups -OCH3 is 1. The lowest BCUT2D eigenvalue weighted by Crippen LogP contribution is -2.32. The highest BCUT2D eigenvalue weighted by atomic mass is 19.1. The molecule has 104 valence electrons. The Labute approximate surface area is 110 Å². The van der Waals surface area contributed by atoms with Crippen LogP contribution >= 0.6 is 0 Å². The minimum Gasteiger partial charge on any atom is -0.494 e. The molecule has 19 heavy (non-hydrogen) atoms. The number of benzene rings is 1. The fourth-order valence-corrected chi connectivity index (χ4v) is 1.53. The molecule has 0 aliphatic heterocycles. The van der Waals surface area contributed by atoms with Gasteiger partial charge in [0.05, 0.1) is 13.0 Å². The first-order valence-electron chi connectivity index (χ1n) is 5.84. The van der Waals surface area contributed by atoms with Crippen LogP contribution in [0.5, 0.6) is 5.75 Å². The summed E-state index contributed by atoms with van der Waals surface area (Å²) in [5.74, 6) is -2.64. The number of ether oxygens (including phenoxy) is 1. The number of aliphatic carboxylic acids is 1. The number of halogens is 1. The molecule has 1 aromatic rings. The highest BCUT2D eigenvalue weighted by molar-refractivity contribution is 5.94. The Morgan fingerprint density at radius 1 is 1.47 bits per heavy atom. The number of carbonyl (C=O) groups excluding carboxylic acids is 1. The Bertz CT molecular complexity index is 476. The number of hydrogen-bond acceptors (Lipinski definition) is 3. The van der Waals surface area contributed by atoms with Crippen LogP contribution in [-0.2, 0) is 4.79 Å². The van der Waals surface area contributed by atoms with Crippen LogP contribution in [0.3, 0.4) is 0 Å². The lowest BCUT2D eigenvalue weighted by atomic mass is 10.1. The summed E-state index contributed by atoms with van der Waals surface area (Å²) in [6.45, 7) is 1.76. The van der Waals surface area contributed by atoms with Gasteiger partial charge in [0.2, 0.25) is 0 Å². The molecule has 0 aliphatic rings. The molecule has 1 unspecified atom stereocenters. The van der Waals surface area contributed by atoms with Crippen molar-refractivity contribution >= 4 is 11.9 Å². The number of carboxylic acids is 1. The molecule has 0 fully saturated rings. The van der Waals surface area contributed by atoms with Crippen molar-refractivity contribution in [3.63, 3.8) is 0 Å².